The number of nitrogens with zero attached hydrogens (tertiary/aromatic N) is 1. The third kappa shape index (κ3) is 2.27. The molecule has 5 aromatic rings. The summed E-state index contributed by atoms with van der Waals surface area (Å²) in [5, 5.41) is 8.31. The zero-order valence-corrected chi connectivity index (χ0v) is 17.3. The largest absolute Gasteiger partial charge is 0.456 e. The highest BCUT2D eigenvalue weighted by molar-refractivity contribution is 6.22. The summed E-state index contributed by atoms with van der Waals surface area (Å²) in [7, 11) is 0. The molecular formula is C27H17N3O3. The van der Waals surface area contributed by atoms with E-state index >= 15 is 0 Å². The number of benzene rings is 4. The van der Waals surface area contributed by atoms with Crippen LogP contribution in [0.25, 0.3) is 21.9 Å². The average Bonchev–Trinajstić information content (AvgIpc) is 3.34. The van der Waals surface area contributed by atoms with E-state index in [0.29, 0.717) is 33.8 Å². The maximum absolute atomic E-state index is 13.9. The van der Waals surface area contributed by atoms with Crippen molar-refractivity contribution in [3.63, 3.8) is 0 Å². The third-order valence-corrected chi connectivity index (χ3v) is 6.53. The van der Waals surface area contributed by atoms with E-state index in [1.807, 2.05) is 84.9 Å². The summed E-state index contributed by atoms with van der Waals surface area (Å²) in [5.74, 6) is -0.567. The van der Waals surface area contributed by atoms with Gasteiger partial charge < -0.3 is 15.1 Å². The Kier molecular flexibility index (Phi) is 3.41. The van der Waals surface area contributed by atoms with E-state index in [0.717, 1.165) is 16.4 Å². The van der Waals surface area contributed by atoms with E-state index in [4.69, 9.17) is 4.42 Å². The van der Waals surface area contributed by atoms with Crippen molar-refractivity contribution in [3.8, 4) is 0 Å². The van der Waals surface area contributed by atoms with Gasteiger partial charge in [-0.25, -0.2) is 0 Å². The molecule has 6 nitrogen and oxygen atoms in total. The first-order chi connectivity index (χ1) is 16.2. The van der Waals surface area contributed by atoms with Gasteiger partial charge in [0.05, 0.1) is 11.3 Å². The lowest BCUT2D eigenvalue weighted by atomic mass is 9.92. The molecule has 3 heterocycles. The molecule has 0 fully saturated rings. The number of nitrogens with one attached hydrogen (secondary N) is 2. The number of furan rings is 1. The SMILES string of the molecule is O=C1c2ccccc2N[C@@]2(C(=O)Nc3ccccc32)N1c1ccc2c(c1)oc1ccccc12. The summed E-state index contributed by atoms with van der Waals surface area (Å²) >= 11 is 0. The Morgan fingerprint density at radius 3 is 2.36 bits per heavy atom. The highest BCUT2D eigenvalue weighted by Crippen LogP contribution is 2.47. The lowest BCUT2D eigenvalue weighted by molar-refractivity contribution is -0.119. The van der Waals surface area contributed by atoms with Crippen molar-refractivity contribution < 1.29 is 14.0 Å². The van der Waals surface area contributed by atoms with Crippen LogP contribution in [0.3, 0.4) is 0 Å². The molecule has 1 aromatic heterocycles. The Hall–Kier alpha value is -4.58. The van der Waals surface area contributed by atoms with Crippen molar-refractivity contribution in [1.29, 1.82) is 0 Å². The number of para-hydroxylation sites is 3. The molecule has 0 bridgehead atoms. The average molecular weight is 431 g/mol. The maximum Gasteiger partial charge on any atom is 0.276 e. The minimum Gasteiger partial charge on any atom is -0.456 e. The molecule has 7 rings (SSSR count). The van der Waals surface area contributed by atoms with Crippen LogP contribution in [-0.2, 0) is 10.5 Å². The van der Waals surface area contributed by atoms with E-state index in [-0.39, 0.29) is 11.8 Å². The predicted molar refractivity (Wildman–Crippen MR) is 127 cm³/mol. The Balaban J connectivity index is 1.51. The van der Waals surface area contributed by atoms with Crippen molar-refractivity contribution >= 4 is 50.8 Å². The van der Waals surface area contributed by atoms with Gasteiger partial charge in [-0.15, -0.1) is 0 Å². The summed E-state index contributed by atoms with van der Waals surface area (Å²) in [6.45, 7) is 0. The molecule has 4 aromatic carbocycles. The third-order valence-electron chi connectivity index (χ3n) is 6.53. The van der Waals surface area contributed by atoms with Gasteiger partial charge in [0.25, 0.3) is 11.8 Å². The first-order valence-corrected chi connectivity index (χ1v) is 10.7. The van der Waals surface area contributed by atoms with Crippen molar-refractivity contribution in [3.05, 3.63) is 102 Å². The standard InChI is InChI=1S/C27H17N3O3/c31-25-19-8-1-4-10-21(19)29-27(20-9-3-5-11-22(20)28-26(27)32)30(25)16-13-14-18-17-7-2-6-12-23(17)33-24(18)15-16/h1-15,29H,(H,28,32)/t27-/m1/s1. The minimum absolute atomic E-state index is 0.258. The van der Waals surface area contributed by atoms with Crippen LogP contribution >= 0.6 is 0 Å². The number of amides is 2. The fourth-order valence-electron chi connectivity index (χ4n) is 5.06. The van der Waals surface area contributed by atoms with Crippen LogP contribution in [-0.4, -0.2) is 11.8 Å². The Labute approximate surface area is 188 Å². The van der Waals surface area contributed by atoms with E-state index in [1.54, 1.807) is 11.0 Å². The number of anilines is 3. The Morgan fingerprint density at radius 2 is 1.45 bits per heavy atom. The molecule has 0 saturated heterocycles. The van der Waals surface area contributed by atoms with Gasteiger partial charge in [-0.1, -0.05) is 48.5 Å². The van der Waals surface area contributed by atoms with Crippen LogP contribution in [0.2, 0.25) is 0 Å². The van der Waals surface area contributed by atoms with Crippen molar-refractivity contribution in [2.45, 2.75) is 5.66 Å². The molecule has 6 heteroatoms. The molecular weight excluding hydrogens is 414 g/mol. The summed E-state index contributed by atoms with van der Waals surface area (Å²) < 4.78 is 6.08. The smallest absolute Gasteiger partial charge is 0.276 e. The van der Waals surface area contributed by atoms with Crippen molar-refractivity contribution in [2.75, 3.05) is 15.5 Å². The normalized spacial score (nSPS) is 19.0. The summed E-state index contributed by atoms with van der Waals surface area (Å²) in [6.07, 6.45) is 0. The fourth-order valence-corrected chi connectivity index (χ4v) is 5.06. The quantitative estimate of drug-likeness (QED) is 0.369. The van der Waals surface area contributed by atoms with Gasteiger partial charge in [-0.3, -0.25) is 14.5 Å². The molecule has 0 radical (unpaired) electrons. The van der Waals surface area contributed by atoms with Crippen LogP contribution in [0.5, 0.6) is 0 Å². The first-order valence-electron chi connectivity index (χ1n) is 10.7. The van der Waals surface area contributed by atoms with Gasteiger partial charge in [0, 0.05) is 33.8 Å². The van der Waals surface area contributed by atoms with Gasteiger partial charge in [0.15, 0.2) is 0 Å². The second kappa shape index (κ2) is 6.23. The summed E-state index contributed by atoms with van der Waals surface area (Å²) in [5.41, 5.74) is 3.08. The minimum atomic E-state index is -1.41. The van der Waals surface area contributed by atoms with Gasteiger partial charge >= 0.3 is 0 Å². The molecule has 1 atom stereocenters. The topological polar surface area (TPSA) is 74.6 Å². The molecule has 2 N–H and O–H groups in total. The molecule has 1 spiro atoms. The van der Waals surface area contributed by atoms with E-state index in [9.17, 15) is 9.59 Å². The number of carbonyl (C=O) groups excluding carboxylic acids is 2. The number of hydrogen-bond acceptors (Lipinski definition) is 4. The zero-order valence-electron chi connectivity index (χ0n) is 17.3. The molecule has 2 aliphatic heterocycles. The van der Waals surface area contributed by atoms with Gasteiger partial charge in [0.2, 0.25) is 5.66 Å². The van der Waals surface area contributed by atoms with Gasteiger partial charge in [-0.2, -0.15) is 0 Å². The molecule has 2 amide bonds. The highest BCUT2D eigenvalue weighted by Gasteiger charge is 2.57. The van der Waals surface area contributed by atoms with Crippen molar-refractivity contribution in [1.82, 2.24) is 0 Å². The summed E-state index contributed by atoms with van der Waals surface area (Å²) in [6, 6.07) is 28.2. The van der Waals surface area contributed by atoms with E-state index in [1.165, 1.54) is 0 Å². The Bertz CT molecular complexity index is 1640. The lowest BCUT2D eigenvalue weighted by Crippen LogP contribution is -2.61. The fraction of sp³-hybridized carbons (Fsp3) is 0.0370. The highest BCUT2D eigenvalue weighted by atomic mass is 16.3. The number of rotatable bonds is 1. The van der Waals surface area contributed by atoms with E-state index < -0.39 is 5.66 Å². The maximum atomic E-state index is 13.9. The second-order valence-corrected chi connectivity index (χ2v) is 8.30. The van der Waals surface area contributed by atoms with Crippen LogP contribution < -0.4 is 15.5 Å². The van der Waals surface area contributed by atoms with Crippen LogP contribution in [0, 0.1) is 0 Å². The van der Waals surface area contributed by atoms with Crippen LogP contribution in [0.1, 0.15) is 15.9 Å². The number of carbonyl (C=O) groups is 2. The predicted octanol–water partition coefficient (Wildman–Crippen LogP) is 5.46. The second-order valence-electron chi connectivity index (χ2n) is 8.30. The van der Waals surface area contributed by atoms with E-state index in [2.05, 4.69) is 10.6 Å². The van der Waals surface area contributed by atoms with Gasteiger partial charge in [-0.05, 0) is 36.4 Å². The monoisotopic (exact) mass is 431 g/mol. The molecule has 0 unspecified atom stereocenters. The molecule has 0 aliphatic carbocycles. The first kappa shape index (κ1) is 18.0. The lowest BCUT2D eigenvalue weighted by Gasteiger charge is -2.44. The molecule has 33 heavy (non-hydrogen) atoms. The molecule has 2 aliphatic rings. The van der Waals surface area contributed by atoms with Crippen molar-refractivity contribution in [2.24, 2.45) is 0 Å². The number of hydrogen-bond donors (Lipinski definition) is 2. The molecule has 158 valence electrons. The number of fused-ring (bicyclic) bond motifs is 6. The van der Waals surface area contributed by atoms with Crippen LogP contribution in [0.15, 0.2) is 95.4 Å². The Morgan fingerprint density at radius 1 is 0.727 bits per heavy atom. The van der Waals surface area contributed by atoms with Gasteiger partial charge in [0.1, 0.15) is 11.2 Å². The summed E-state index contributed by atoms with van der Waals surface area (Å²) in [4.78, 5) is 29.0. The molecule has 0 saturated carbocycles. The van der Waals surface area contributed by atoms with Crippen LogP contribution in [0.4, 0.5) is 17.1 Å². The zero-order chi connectivity index (χ0) is 22.2.